The number of nitrogens with one attached hydrogen (secondary N) is 1. The highest BCUT2D eigenvalue weighted by molar-refractivity contribution is 7.92. The molecule has 188 valence electrons. The number of fused-ring (bicyclic) bond motifs is 1. The largest absolute Gasteiger partial charge is 0.494 e. The number of anilines is 1. The maximum absolute atomic E-state index is 13.3. The first kappa shape index (κ1) is 25.6. The van der Waals surface area contributed by atoms with Gasteiger partial charge < -0.3 is 14.0 Å². The van der Waals surface area contributed by atoms with Crippen molar-refractivity contribution in [2.75, 3.05) is 25.0 Å². The van der Waals surface area contributed by atoms with Crippen molar-refractivity contribution in [3.63, 3.8) is 0 Å². The normalized spacial score (nSPS) is 12.1. The summed E-state index contributed by atoms with van der Waals surface area (Å²) in [7, 11) is -2.28. The van der Waals surface area contributed by atoms with E-state index in [9.17, 15) is 13.2 Å². The average Bonchev–Trinajstić information content (AvgIpc) is 3.19. The second-order valence-electron chi connectivity index (χ2n) is 7.97. The van der Waals surface area contributed by atoms with Crippen molar-refractivity contribution in [3.8, 4) is 5.75 Å². The van der Waals surface area contributed by atoms with E-state index in [4.69, 9.17) is 9.47 Å². The molecule has 0 aliphatic carbocycles. The van der Waals surface area contributed by atoms with Gasteiger partial charge in [-0.1, -0.05) is 41.2 Å². The summed E-state index contributed by atoms with van der Waals surface area (Å²) in [5.74, 6) is 0.179. The maximum Gasteiger partial charge on any atom is 0.281 e. The van der Waals surface area contributed by atoms with Crippen LogP contribution in [0.4, 0.5) is 5.69 Å². The number of hydrogen-bond acceptors (Lipinski definition) is 6. The minimum Gasteiger partial charge on any atom is -0.494 e. The molecule has 0 fully saturated rings. The Morgan fingerprint density at radius 3 is 2.56 bits per heavy atom. The van der Waals surface area contributed by atoms with Gasteiger partial charge in [0, 0.05) is 13.7 Å². The molecular weight excluding hydrogens is 498 g/mol. The van der Waals surface area contributed by atoms with Crippen LogP contribution in [0.2, 0.25) is 0 Å². The van der Waals surface area contributed by atoms with E-state index in [2.05, 4.69) is 9.71 Å². The van der Waals surface area contributed by atoms with Crippen LogP contribution in [0.1, 0.15) is 22.8 Å². The van der Waals surface area contributed by atoms with Gasteiger partial charge >= 0.3 is 0 Å². The lowest BCUT2D eigenvalue weighted by Crippen LogP contribution is -2.20. The van der Waals surface area contributed by atoms with E-state index in [1.54, 1.807) is 43.5 Å². The van der Waals surface area contributed by atoms with E-state index in [0.29, 0.717) is 24.6 Å². The molecule has 0 aliphatic rings. The number of rotatable bonds is 9. The number of ether oxygens (including phenoxy) is 2. The standard InChI is InChI=1S/C26H27N3O5S2/c1-4-34-19-11-14-23-24(17-19)35-26(29(23)15-16-33-3)27-25(30)21-7-5-6-8-22(21)28-36(31,32)20-12-9-18(2)10-13-20/h5-14,17,28H,4,15-16H2,1-3H3. The van der Waals surface area contributed by atoms with E-state index in [1.807, 2.05) is 36.6 Å². The average molecular weight is 526 g/mol. The molecule has 10 heteroatoms. The Labute approximate surface area is 213 Å². The molecule has 0 bridgehead atoms. The van der Waals surface area contributed by atoms with Crippen LogP contribution in [0.25, 0.3) is 10.2 Å². The third kappa shape index (κ3) is 5.67. The number of para-hydroxylation sites is 1. The Morgan fingerprint density at radius 2 is 1.83 bits per heavy atom. The second-order valence-corrected chi connectivity index (χ2v) is 10.7. The van der Waals surface area contributed by atoms with Crippen molar-refractivity contribution >= 4 is 43.2 Å². The van der Waals surface area contributed by atoms with Gasteiger partial charge in [0.15, 0.2) is 4.80 Å². The molecule has 0 unspecified atom stereocenters. The van der Waals surface area contributed by atoms with Crippen LogP contribution in [0.5, 0.6) is 5.75 Å². The smallest absolute Gasteiger partial charge is 0.281 e. The minimum atomic E-state index is -3.89. The van der Waals surface area contributed by atoms with Crippen molar-refractivity contribution in [2.24, 2.45) is 4.99 Å². The molecule has 4 rings (SSSR count). The topological polar surface area (TPSA) is 99.0 Å². The number of aryl methyl sites for hydroxylation is 1. The predicted molar refractivity (Wildman–Crippen MR) is 141 cm³/mol. The van der Waals surface area contributed by atoms with Gasteiger partial charge in [-0.05, 0) is 56.3 Å². The van der Waals surface area contributed by atoms with Gasteiger partial charge in [0.1, 0.15) is 5.75 Å². The van der Waals surface area contributed by atoms with Gasteiger partial charge in [0.25, 0.3) is 15.9 Å². The molecule has 0 atom stereocenters. The SMILES string of the molecule is CCOc1ccc2c(c1)sc(=NC(=O)c1ccccc1NS(=O)(=O)c1ccc(C)cc1)n2CCOC. The fourth-order valence-corrected chi connectivity index (χ4v) is 5.78. The Hall–Kier alpha value is -3.47. The summed E-state index contributed by atoms with van der Waals surface area (Å²) in [5.41, 5.74) is 2.16. The molecule has 1 amide bonds. The molecule has 0 radical (unpaired) electrons. The zero-order valence-electron chi connectivity index (χ0n) is 20.2. The molecule has 1 N–H and O–H groups in total. The highest BCUT2D eigenvalue weighted by Gasteiger charge is 2.19. The second kappa shape index (κ2) is 11.1. The van der Waals surface area contributed by atoms with Crippen molar-refractivity contribution < 1.29 is 22.7 Å². The van der Waals surface area contributed by atoms with Crippen molar-refractivity contribution in [3.05, 3.63) is 82.7 Å². The molecule has 36 heavy (non-hydrogen) atoms. The number of nitrogens with zero attached hydrogens (tertiary/aromatic N) is 2. The van der Waals surface area contributed by atoms with Gasteiger partial charge in [0.2, 0.25) is 0 Å². The summed E-state index contributed by atoms with van der Waals surface area (Å²) in [5, 5.41) is 0. The zero-order chi connectivity index (χ0) is 25.7. The molecule has 1 heterocycles. The van der Waals surface area contributed by atoms with Crippen molar-refractivity contribution in [1.29, 1.82) is 0 Å². The molecule has 8 nitrogen and oxygen atoms in total. The van der Waals surface area contributed by atoms with Crippen LogP contribution in [-0.4, -0.2) is 39.2 Å². The van der Waals surface area contributed by atoms with E-state index >= 15 is 0 Å². The number of amides is 1. The summed E-state index contributed by atoms with van der Waals surface area (Å²) < 4.78 is 42.1. The van der Waals surface area contributed by atoms with E-state index in [0.717, 1.165) is 21.5 Å². The maximum atomic E-state index is 13.3. The summed E-state index contributed by atoms with van der Waals surface area (Å²) in [6, 6.07) is 18.7. The van der Waals surface area contributed by atoms with Crippen LogP contribution in [-0.2, 0) is 21.3 Å². The highest BCUT2D eigenvalue weighted by atomic mass is 32.2. The van der Waals surface area contributed by atoms with Gasteiger partial charge in [-0.25, -0.2) is 8.42 Å². The number of thiazole rings is 1. The van der Waals surface area contributed by atoms with Crippen LogP contribution >= 0.6 is 11.3 Å². The van der Waals surface area contributed by atoms with Crippen LogP contribution in [0.15, 0.2) is 76.6 Å². The molecule has 4 aromatic rings. The van der Waals surface area contributed by atoms with Crippen LogP contribution in [0.3, 0.4) is 0 Å². The summed E-state index contributed by atoms with van der Waals surface area (Å²) in [4.78, 5) is 18.3. The number of methoxy groups -OCH3 is 1. The zero-order valence-corrected chi connectivity index (χ0v) is 21.9. The number of aromatic nitrogens is 1. The Bertz CT molecular complexity index is 1550. The molecular formula is C26H27N3O5S2. The quantitative estimate of drug-likeness (QED) is 0.344. The van der Waals surface area contributed by atoms with Crippen LogP contribution < -0.4 is 14.3 Å². The first-order chi connectivity index (χ1) is 17.3. The Kier molecular flexibility index (Phi) is 7.88. The third-order valence-corrected chi connectivity index (χ3v) is 7.84. The van der Waals surface area contributed by atoms with Crippen molar-refractivity contribution in [1.82, 2.24) is 4.57 Å². The molecule has 0 aliphatic heterocycles. The Balaban J connectivity index is 1.73. The number of carbonyl (C=O) groups excluding carboxylic acids is 1. The number of hydrogen-bond donors (Lipinski definition) is 1. The number of sulfonamides is 1. The molecule has 0 saturated heterocycles. The van der Waals surface area contributed by atoms with Gasteiger partial charge in [-0.15, -0.1) is 0 Å². The molecule has 1 aromatic heterocycles. The van der Waals surface area contributed by atoms with Gasteiger partial charge in [-0.3, -0.25) is 9.52 Å². The summed E-state index contributed by atoms with van der Waals surface area (Å²) in [6.07, 6.45) is 0. The fraction of sp³-hybridized carbons (Fsp3) is 0.231. The van der Waals surface area contributed by atoms with Crippen molar-refractivity contribution in [2.45, 2.75) is 25.3 Å². The molecule has 0 saturated carbocycles. The van der Waals surface area contributed by atoms with Crippen LogP contribution in [0, 0.1) is 6.92 Å². The predicted octanol–water partition coefficient (Wildman–Crippen LogP) is 4.60. The van der Waals surface area contributed by atoms with Gasteiger partial charge in [-0.2, -0.15) is 4.99 Å². The first-order valence-corrected chi connectivity index (χ1v) is 13.6. The van der Waals surface area contributed by atoms with E-state index in [-0.39, 0.29) is 16.1 Å². The third-order valence-electron chi connectivity index (χ3n) is 5.41. The summed E-state index contributed by atoms with van der Waals surface area (Å²) in [6.45, 7) is 5.28. The lowest BCUT2D eigenvalue weighted by Gasteiger charge is -2.11. The Morgan fingerprint density at radius 1 is 1.08 bits per heavy atom. The summed E-state index contributed by atoms with van der Waals surface area (Å²) >= 11 is 1.36. The fourth-order valence-electron chi connectivity index (χ4n) is 3.62. The minimum absolute atomic E-state index is 0.110. The monoisotopic (exact) mass is 525 g/mol. The van der Waals surface area contributed by atoms with Gasteiger partial charge in [0.05, 0.1) is 39.6 Å². The van der Waals surface area contributed by atoms with E-state index < -0.39 is 15.9 Å². The van der Waals surface area contributed by atoms with E-state index in [1.165, 1.54) is 23.5 Å². The molecule has 3 aromatic carbocycles. The lowest BCUT2D eigenvalue weighted by molar-refractivity contribution is 0.0998. The first-order valence-electron chi connectivity index (χ1n) is 11.3. The highest BCUT2D eigenvalue weighted by Crippen LogP contribution is 2.25. The number of benzene rings is 3. The molecule has 0 spiro atoms. The lowest BCUT2D eigenvalue weighted by atomic mass is 10.2. The number of carbonyl (C=O) groups is 1.